The number of benzene rings is 1. The van der Waals surface area contributed by atoms with E-state index in [4.69, 9.17) is 20.3 Å². The Hall–Kier alpha value is -3.79. The van der Waals surface area contributed by atoms with Gasteiger partial charge in [-0.25, -0.2) is 9.78 Å². The van der Waals surface area contributed by atoms with E-state index in [-0.39, 0.29) is 23.4 Å². The maximum absolute atomic E-state index is 11.4. The van der Waals surface area contributed by atoms with Gasteiger partial charge in [0, 0.05) is 37.3 Å². The molecule has 0 bridgehead atoms. The van der Waals surface area contributed by atoms with Crippen LogP contribution in [0.4, 0.5) is 5.82 Å². The first-order valence-electron chi connectivity index (χ1n) is 11.9. The molecule has 1 amide bonds. The van der Waals surface area contributed by atoms with Gasteiger partial charge in [-0.15, -0.1) is 0 Å². The number of carboxylic acid groups (broad SMARTS) is 1. The molecule has 10 nitrogen and oxygen atoms in total. The summed E-state index contributed by atoms with van der Waals surface area (Å²) < 4.78 is 5.68. The Bertz CT molecular complexity index is 1200. The van der Waals surface area contributed by atoms with Gasteiger partial charge in [0.25, 0.3) is 0 Å². The molecule has 2 fully saturated rings. The van der Waals surface area contributed by atoms with E-state index in [2.05, 4.69) is 19.9 Å². The number of aromatic carboxylic acids is 1. The second kappa shape index (κ2) is 9.83. The molecular weight excluding hydrogens is 448 g/mol. The molecular formula is C25H28N6O4. The Kier molecular flexibility index (Phi) is 6.45. The fourth-order valence-corrected chi connectivity index (χ4v) is 4.89. The third-order valence-corrected chi connectivity index (χ3v) is 6.90. The summed E-state index contributed by atoms with van der Waals surface area (Å²) in [5, 5.41) is 13.3. The average molecular weight is 477 g/mol. The largest absolute Gasteiger partial charge is 0.478 e. The van der Waals surface area contributed by atoms with Crippen molar-refractivity contribution in [3.05, 3.63) is 59.6 Å². The molecule has 1 atom stereocenters. The lowest BCUT2D eigenvalue weighted by atomic mass is 9.96. The van der Waals surface area contributed by atoms with Crippen molar-refractivity contribution in [2.75, 3.05) is 24.5 Å². The SMILES string of the molecule is NC(=O)C1CCN(c2cc(-c3noc(C4CCCN4Cc4ccc(C(=O)O)cc4)n3)ccn2)CC1. The number of carboxylic acids is 1. The molecule has 10 heteroatoms. The van der Waals surface area contributed by atoms with Gasteiger partial charge < -0.3 is 20.3 Å². The van der Waals surface area contributed by atoms with E-state index in [0.717, 1.165) is 62.3 Å². The zero-order valence-electron chi connectivity index (χ0n) is 19.3. The van der Waals surface area contributed by atoms with Gasteiger partial charge in [-0.3, -0.25) is 9.69 Å². The number of rotatable bonds is 7. The van der Waals surface area contributed by atoms with Crippen LogP contribution in [0.2, 0.25) is 0 Å². The standard InChI is InChI=1S/C25H28N6O4/c26-22(32)17-8-12-30(13-9-17)21-14-19(7-10-27-21)23-28-24(35-29-23)20-2-1-11-31(20)15-16-3-5-18(6-4-16)25(33)34/h3-7,10,14,17,20H,1-2,8-9,11-13,15H2,(H2,26,32)(H,33,34). The summed E-state index contributed by atoms with van der Waals surface area (Å²) in [5.41, 5.74) is 7.60. The minimum Gasteiger partial charge on any atom is -0.478 e. The minimum absolute atomic E-state index is 0.0181. The first-order valence-corrected chi connectivity index (χ1v) is 11.9. The van der Waals surface area contributed by atoms with Crippen LogP contribution >= 0.6 is 0 Å². The van der Waals surface area contributed by atoms with Crippen molar-refractivity contribution in [3.8, 4) is 11.4 Å². The van der Waals surface area contributed by atoms with Crippen LogP contribution in [0.15, 0.2) is 47.1 Å². The number of pyridine rings is 1. The quantitative estimate of drug-likeness (QED) is 0.527. The topological polar surface area (TPSA) is 139 Å². The smallest absolute Gasteiger partial charge is 0.335 e. The minimum atomic E-state index is -0.927. The molecule has 0 aliphatic carbocycles. The van der Waals surface area contributed by atoms with Gasteiger partial charge in [-0.1, -0.05) is 17.3 Å². The third kappa shape index (κ3) is 5.02. The first kappa shape index (κ1) is 23.0. The Morgan fingerprint density at radius 3 is 2.57 bits per heavy atom. The van der Waals surface area contributed by atoms with Gasteiger partial charge in [0.15, 0.2) is 0 Å². The summed E-state index contributed by atoms with van der Waals surface area (Å²) in [6.07, 6.45) is 5.14. The lowest BCUT2D eigenvalue weighted by molar-refractivity contribution is -0.122. The van der Waals surface area contributed by atoms with Crippen molar-refractivity contribution in [3.63, 3.8) is 0 Å². The van der Waals surface area contributed by atoms with Crippen molar-refractivity contribution >= 4 is 17.7 Å². The molecule has 35 heavy (non-hydrogen) atoms. The molecule has 3 N–H and O–H groups in total. The van der Waals surface area contributed by atoms with Gasteiger partial charge in [0.05, 0.1) is 11.6 Å². The van der Waals surface area contributed by atoms with Crippen LogP contribution in [0.5, 0.6) is 0 Å². The van der Waals surface area contributed by atoms with Crippen LogP contribution < -0.4 is 10.6 Å². The van der Waals surface area contributed by atoms with Crippen molar-refractivity contribution in [1.82, 2.24) is 20.0 Å². The number of piperidine rings is 1. The van der Waals surface area contributed by atoms with Gasteiger partial charge in [-0.2, -0.15) is 4.98 Å². The number of hydrogen-bond acceptors (Lipinski definition) is 8. The second-order valence-electron chi connectivity index (χ2n) is 9.15. The van der Waals surface area contributed by atoms with Crippen LogP contribution in [-0.2, 0) is 11.3 Å². The number of nitrogens with two attached hydrogens (primary N) is 1. The summed E-state index contributed by atoms with van der Waals surface area (Å²) in [5.74, 6) is 0.698. The zero-order valence-corrected chi connectivity index (χ0v) is 19.3. The molecule has 1 unspecified atom stereocenters. The van der Waals surface area contributed by atoms with Gasteiger partial charge in [0.1, 0.15) is 5.82 Å². The molecule has 4 heterocycles. The fraction of sp³-hybridized carbons (Fsp3) is 0.400. The Balaban J connectivity index is 1.27. The maximum Gasteiger partial charge on any atom is 0.335 e. The molecule has 5 rings (SSSR count). The van der Waals surface area contributed by atoms with Crippen LogP contribution in [-0.4, -0.2) is 56.6 Å². The van der Waals surface area contributed by atoms with Crippen LogP contribution in [0, 0.1) is 5.92 Å². The lowest BCUT2D eigenvalue weighted by Crippen LogP contribution is -2.38. The van der Waals surface area contributed by atoms with Gasteiger partial charge in [-0.05, 0) is 62.1 Å². The van der Waals surface area contributed by atoms with Crippen molar-refractivity contribution in [1.29, 1.82) is 0 Å². The van der Waals surface area contributed by atoms with E-state index in [9.17, 15) is 9.59 Å². The predicted octanol–water partition coefficient (Wildman–Crippen LogP) is 2.87. The molecule has 182 valence electrons. The number of amides is 1. The number of hydrogen-bond donors (Lipinski definition) is 2. The van der Waals surface area contributed by atoms with Gasteiger partial charge in [0.2, 0.25) is 17.6 Å². The van der Waals surface area contributed by atoms with Crippen LogP contribution in [0.1, 0.15) is 53.5 Å². The highest BCUT2D eigenvalue weighted by molar-refractivity contribution is 5.87. The van der Waals surface area contributed by atoms with E-state index in [1.54, 1.807) is 18.3 Å². The fourth-order valence-electron chi connectivity index (χ4n) is 4.89. The van der Waals surface area contributed by atoms with Crippen molar-refractivity contribution < 1.29 is 19.2 Å². The number of nitrogens with zero attached hydrogens (tertiary/aromatic N) is 5. The molecule has 1 aromatic carbocycles. The Morgan fingerprint density at radius 1 is 1.09 bits per heavy atom. The van der Waals surface area contributed by atoms with E-state index in [1.807, 2.05) is 24.3 Å². The normalized spacial score (nSPS) is 19.2. The Labute approximate surface area is 202 Å². The highest BCUT2D eigenvalue weighted by atomic mass is 16.5. The summed E-state index contributed by atoms with van der Waals surface area (Å²) in [4.78, 5) is 36.2. The Morgan fingerprint density at radius 2 is 1.86 bits per heavy atom. The summed E-state index contributed by atoms with van der Waals surface area (Å²) in [7, 11) is 0. The van der Waals surface area contributed by atoms with E-state index >= 15 is 0 Å². The van der Waals surface area contributed by atoms with E-state index in [1.165, 1.54) is 0 Å². The summed E-state index contributed by atoms with van der Waals surface area (Å²) in [6, 6.07) is 10.8. The molecule has 2 aromatic heterocycles. The molecule has 0 spiro atoms. The maximum atomic E-state index is 11.4. The highest BCUT2D eigenvalue weighted by Gasteiger charge is 2.31. The van der Waals surface area contributed by atoms with Crippen molar-refractivity contribution in [2.45, 2.75) is 38.3 Å². The highest BCUT2D eigenvalue weighted by Crippen LogP contribution is 2.33. The van der Waals surface area contributed by atoms with E-state index < -0.39 is 5.97 Å². The monoisotopic (exact) mass is 476 g/mol. The number of aromatic nitrogens is 3. The van der Waals surface area contributed by atoms with E-state index in [0.29, 0.717) is 18.3 Å². The molecule has 2 aliphatic heterocycles. The molecule has 0 radical (unpaired) electrons. The number of carbonyl (C=O) groups excluding carboxylic acids is 1. The number of primary amides is 1. The summed E-state index contributed by atoms with van der Waals surface area (Å²) >= 11 is 0. The number of anilines is 1. The number of likely N-dealkylation sites (tertiary alicyclic amines) is 1. The third-order valence-electron chi connectivity index (χ3n) is 6.90. The summed E-state index contributed by atoms with van der Waals surface area (Å²) in [6.45, 7) is 3.05. The lowest BCUT2D eigenvalue weighted by Gasteiger charge is -2.31. The predicted molar refractivity (Wildman–Crippen MR) is 127 cm³/mol. The zero-order chi connectivity index (χ0) is 24.4. The average Bonchev–Trinajstić information content (AvgIpc) is 3.54. The second-order valence-corrected chi connectivity index (χ2v) is 9.15. The number of carbonyl (C=O) groups is 2. The first-order chi connectivity index (χ1) is 17.0. The van der Waals surface area contributed by atoms with Crippen molar-refractivity contribution in [2.24, 2.45) is 11.7 Å². The van der Waals surface area contributed by atoms with Crippen LogP contribution in [0.25, 0.3) is 11.4 Å². The van der Waals surface area contributed by atoms with Gasteiger partial charge >= 0.3 is 5.97 Å². The van der Waals surface area contributed by atoms with Crippen LogP contribution in [0.3, 0.4) is 0 Å². The molecule has 2 aliphatic rings. The molecule has 0 saturated carbocycles. The molecule has 3 aromatic rings. The molecule has 2 saturated heterocycles.